The molecule has 0 saturated heterocycles. The molecule has 0 aliphatic heterocycles. The maximum absolute atomic E-state index is 14.3. The quantitative estimate of drug-likeness (QED) is 0.723. The molecule has 0 aliphatic rings. The first-order valence-electron chi connectivity index (χ1n) is 6.37. The van der Waals surface area contributed by atoms with E-state index in [0.29, 0.717) is 0 Å². The van der Waals surface area contributed by atoms with E-state index in [1.54, 1.807) is 0 Å². The summed E-state index contributed by atoms with van der Waals surface area (Å²) in [7, 11) is -2.10. The van der Waals surface area contributed by atoms with Crippen LogP contribution in [0.3, 0.4) is 0 Å². The minimum Gasteiger partial charge on any atom is -0.477 e. The van der Waals surface area contributed by atoms with E-state index in [0.717, 1.165) is 13.0 Å². The van der Waals surface area contributed by atoms with Crippen LogP contribution in [-0.2, 0) is 21.3 Å². The molecule has 2 atom stereocenters. The lowest BCUT2D eigenvalue weighted by molar-refractivity contribution is -0.177. The molecular weight excluding hydrogens is 401 g/mol. The Balaban J connectivity index is 3.59. The van der Waals surface area contributed by atoms with Gasteiger partial charge in [-0.2, -0.15) is 8.78 Å². The third-order valence-corrected chi connectivity index (χ3v) is 5.18. The van der Waals surface area contributed by atoms with Crippen LogP contribution >= 0.6 is 15.9 Å². The summed E-state index contributed by atoms with van der Waals surface area (Å²) in [5.41, 5.74) is -3.68. The second kappa shape index (κ2) is 6.48. The average molecular weight is 417 g/mol. The number of aromatic nitrogens is 1. The lowest BCUT2D eigenvalue weighted by atomic mass is 9.90. The normalized spacial score (nSPS) is 16.7. The highest BCUT2D eigenvalue weighted by molar-refractivity contribution is 9.10. The highest BCUT2D eigenvalue weighted by Crippen LogP contribution is 2.39. The zero-order chi connectivity index (χ0) is 18.2. The summed E-state index contributed by atoms with van der Waals surface area (Å²) in [5.74, 6) is -8.10. The molecule has 23 heavy (non-hydrogen) atoms. The molecular formula is C13H16BrF3N2O3S. The second-order valence-corrected chi connectivity index (χ2v) is 8.73. The Morgan fingerprint density at radius 3 is 2.26 bits per heavy atom. The van der Waals surface area contributed by atoms with E-state index in [2.05, 4.69) is 25.6 Å². The molecule has 0 fully saturated rings. The zero-order valence-electron chi connectivity index (χ0n) is 12.8. The van der Waals surface area contributed by atoms with Crippen molar-refractivity contribution in [1.29, 1.82) is 0 Å². The Labute approximate surface area is 142 Å². The lowest BCUT2D eigenvalue weighted by Crippen LogP contribution is -2.60. The van der Waals surface area contributed by atoms with E-state index in [4.69, 9.17) is 5.11 Å². The summed E-state index contributed by atoms with van der Waals surface area (Å²) in [4.78, 5) is 14.6. The van der Waals surface area contributed by atoms with Crippen molar-refractivity contribution in [3.8, 4) is 0 Å². The van der Waals surface area contributed by atoms with E-state index in [1.165, 1.54) is 26.8 Å². The SMILES string of the molecule is CC(C)(C)[S@@](=O)N[C@](C)(c1nc(Br)ccc1F)C(F)(F)C(=O)O. The predicted octanol–water partition coefficient (Wildman–Crippen LogP) is 2.97. The van der Waals surface area contributed by atoms with Crippen LogP contribution in [0.15, 0.2) is 16.7 Å². The summed E-state index contributed by atoms with van der Waals surface area (Å²) in [5, 5.41) is 8.86. The lowest BCUT2D eigenvalue weighted by Gasteiger charge is -2.36. The van der Waals surface area contributed by atoms with E-state index in [1.807, 2.05) is 0 Å². The third-order valence-electron chi connectivity index (χ3n) is 3.04. The van der Waals surface area contributed by atoms with Crippen molar-refractivity contribution >= 4 is 32.9 Å². The fraction of sp³-hybridized carbons (Fsp3) is 0.538. The number of carbonyl (C=O) groups is 1. The van der Waals surface area contributed by atoms with Gasteiger partial charge in [-0.15, -0.1) is 0 Å². The molecule has 0 unspecified atom stereocenters. The molecule has 0 aliphatic carbocycles. The predicted molar refractivity (Wildman–Crippen MR) is 82.9 cm³/mol. The van der Waals surface area contributed by atoms with Gasteiger partial charge in [-0.05, 0) is 55.8 Å². The number of nitrogens with zero attached hydrogens (tertiary/aromatic N) is 1. The Morgan fingerprint density at radius 2 is 1.83 bits per heavy atom. The topological polar surface area (TPSA) is 79.3 Å². The van der Waals surface area contributed by atoms with Crippen LogP contribution in [0, 0.1) is 5.82 Å². The molecule has 1 aromatic heterocycles. The fourth-order valence-corrected chi connectivity index (χ4v) is 2.79. The first kappa shape index (κ1) is 20.0. The molecule has 0 bridgehead atoms. The first-order chi connectivity index (χ1) is 10.2. The summed E-state index contributed by atoms with van der Waals surface area (Å²) in [6, 6.07) is 2.04. The van der Waals surface area contributed by atoms with Crippen LogP contribution in [0.5, 0.6) is 0 Å². The van der Waals surface area contributed by atoms with Crippen LogP contribution in [-0.4, -0.2) is 30.9 Å². The number of carboxylic acids is 1. The highest BCUT2D eigenvalue weighted by Gasteiger charge is 2.61. The number of hydrogen-bond acceptors (Lipinski definition) is 3. The van der Waals surface area contributed by atoms with Gasteiger partial charge in [0.2, 0.25) is 0 Å². The van der Waals surface area contributed by atoms with E-state index in [9.17, 15) is 22.2 Å². The minimum atomic E-state index is -4.47. The molecule has 1 aromatic rings. The fourth-order valence-electron chi connectivity index (χ4n) is 1.58. The van der Waals surface area contributed by atoms with Crippen molar-refractivity contribution in [2.45, 2.75) is 43.9 Å². The van der Waals surface area contributed by atoms with Gasteiger partial charge in [0.1, 0.15) is 21.7 Å². The number of halogens is 4. The van der Waals surface area contributed by atoms with Crippen molar-refractivity contribution in [1.82, 2.24) is 9.71 Å². The van der Waals surface area contributed by atoms with Gasteiger partial charge < -0.3 is 5.11 Å². The Kier molecular flexibility index (Phi) is 5.65. The summed E-state index contributed by atoms with van der Waals surface area (Å²) in [6.07, 6.45) is 0. The van der Waals surface area contributed by atoms with Crippen molar-refractivity contribution in [3.05, 3.63) is 28.2 Å². The van der Waals surface area contributed by atoms with Crippen LogP contribution in [0.1, 0.15) is 33.4 Å². The average Bonchev–Trinajstić information content (AvgIpc) is 2.39. The van der Waals surface area contributed by atoms with E-state index >= 15 is 0 Å². The van der Waals surface area contributed by atoms with Gasteiger partial charge in [0.15, 0.2) is 0 Å². The summed E-state index contributed by atoms with van der Waals surface area (Å²) < 4.78 is 56.0. The van der Waals surface area contributed by atoms with Gasteiger partial charge in [-0.1, -0.05) is 0 Å². The van der Waals surface area contributed by atoms with E-state index < -0.39 is 44.7 Å². The molecule has 0 radical (unpaired) electrons. The first-order valence-corrected chi connectivity index (χ1v) is 8.31. The van der Waals surface area contributed by atoms with Gasteiger partial charge >= 0.3 is 11.9 Å². The number of alkyl halides is 2. The van der Waals surface area contributed by atoms with Gasteiger partial charge in [-0.25, -0.2) is 23.1 Å². The smallest absolute Gasteiger partial charge is 0.377 e. The molecule has 0 aromatic carbocycles. The molecule has 0 saturated carbocycles. The van der Waals surface area contributed by atoms with Crippen molar-refractivity contribution < 1.29 is 27.3 Å². The van der Waals surface area contributed by atoms with Gasteiger partial charge in [0.05, 0.1) is 15.7 Å². The van der Waals surface area contributed by atoms with Crippen molar-refractivity contribution in [2.75, 3.05) is 0 Å². The minimum absolute atomic E-state index is 0.0321. The largest absolute Gasteiger partial charge is 0.477 e. The third kappa shape index (κ3) is 3.92. The number of nitrogens with one attached hydrogen (secondary N) is 1. The molecule has 0 amide bonds. The number of pyridine rings is 1. The molecule has 5 nitrogen and oxygen atoms in total. The molecule has 130 valence electrons. The van der Waals surface area contributed by atoms with Crippen LogP contribution in [0.4, 0.5) is 13.2 Å². The van der Waals surface area contributed by atoms with Gasteiger partial charge in [0.25, 0.3) is 0 Å². The molecule has 2 N–H and O–H groups in total. The van der Waals surface area contributed by atoms with Crippen molar-refractivity contribution in [2.24, 2.45) is 0 Å². The summed E-state index contributed by atoms with van der Waals surface area (Å²) >= 11 is 2.92. The maximum Gasteiger partial charge on any atom is 0.377 e. The van der Waals surface area contributed by atoms with E-state index in [-0.39, 0.29) is 4.60 Å². The van der Waals surface area contributed by atoms with Gasteiger partial charge in [-0.3, -0.25) is 0 Å². The number of rotatable bonds is 5. The Hall–Kier alpha value is -1.00. The van der Waals surface area contributed by atoms with Crippen molar-refractivity contribution in [3.63, 3.8) is 0 Å². The van der Waals surface area contributed by atoms with Crippen LogP contribution in [0.25, 0.3) is 0 Å². The maximum atomic E-state index is 14.3. The number of aliphatic carboxylic acids is 1. The standard InChI is InChI=1S/C13H16BrF3N2O3S/c1-11(2,3)23(22)19-12(4,13(16,17)10(20)21)9-7(15)5-6-8(14)18-9/h5-6,19H,1-4H3,(H,20,21)/t12-,23-/m1/s1. The molecule has 1 rings (SSSR count). The Morgan fingerprint density at radius 1 is 1.30 bits per heavy atom. The second-order valence-electron chi connectivity index (χ2n) is 5.95. The zero-order valence-corrected chi connectivity index (χ0v) is 15.2. The molecule has 1 heterocycles. The molecule has 10 heteroatoms. The summed E-state index contributed by atoms with van der Waals surface area (Å²) in [6.45, 7) is 5.25. The Bertz CT molecular complexity index is 652. The number of carboxylic acid groups (broad SMARTS) is 1. The molecule has 0 spiro atoms. The number of hydrogen-bond donors (Lipinski definition) is 2. The van der Waals surface area contributed by atoms with Crippen LogP contribution in [0.2, 0.25) is 0 Å². The monoisotopic (exact) mass is 416 g/mol. The van der Waals surface area contributed by atoms with Crippen LogP contribution < -0.4 is 4.72 Å². The highest BCUT2D eigenvalue weighted by atomic mass is 79.9. The van der Waals surface area contributed by atoms with Gasteiger partial charge in [0, 0.05) is 0 Å².